The molecule has 1 aromatic carbocycles. The first kappa shape index (κ1) is 22.5. The van der Waals surface area contributed by atoms with E-state index >= 15 is 0 Å². The number of ether oxygens (including phenoxy) is 1. The Kier molecular flexibility index (Phi) is 5.46. The van der Waals surface area contributed by atoms with Gasteiger partial charge in [0.05, 0.1) is 17.7 Å². The van der Waals surface area contributed by atoms with Crippen molar-refractivity contribution in [2.24, 2.45) is 0 Å². The summed E-state index contributed by atoms with van der Waals surface area (Å²) in [7, 11) is 0. The highest BCUT2D eigenvalue weighted by Crippen LogP contribution is 2.41. The third-order valence-corrected chi connectivity index (χ3v) is 8.21. The first-order valence-corrected chi connectivity index (χ1v) is 13.7. The molecule has 2 N–H and O–H groups in total. The summed E-state index contributed by atoms with van der Waals surface area (Å²) in [5.74, 6) is 0.682. The van der Waals surface area contributed by atoms with Crippen molar-refractivity contribution >= 4 is 34.9 Å². The zero-order valence-corrected chi connectivity index (χ0v) is 21.5. The van der Waals surface area contributed by atoms with Gasteiger partial charge in [-0.25, -0.2) is 14.3 Å². The number of fused-ring (bicyclic) bond motifs is 3. The summed E-state index contributed by atoms with van der Waals surface area (Å²) in [5, 5.41) is 7.53. The van der Waals surface area contributed by atoms with E-state index in [0.717, 1.165) is 64.3 Å². The molecular formula is C28H28N6O2S. The molecule has 188 valence electrons. The number of hydrogen-bond acceptors (Lipinski definition) is 6. The van der Waals surface area contributed by atoms with Crippen molar-refractivity contribution < 1.29 is 9.53 Å². The van der Waals surface area contributed by atoms with Crippen molar-refractivity contribution in [2.45, 2.75) is 50.0 Å². The summed E-state index contributed by atoms with van der Waals surface area (Å²) in [6, 6.07) is 10.9. The van der Waals surface area contributed by atoms with E-state index in [0.29, 0.717) is 18.5 Å². The lowest BCUT2D eigenvalue weighted by molar-refractivity contribution is 0.257. The third-order valence-electron chi connectivity index (χ3n) is 7.46. The molecule has 1 saturated carbocycles. The summed E-state index contributed by atoms with van der Waals surface area (Å²) in [6.45, 7) is 3.67. The average Bonchev–Trinajstić information content (AvgIpc) is 3.45. The zero-order valence-electron chi connectivity index (χ0n) is 20.7. The fourth-order valence-electron chi connectivity index (χ4n) is 5.65. The minimum absolute atomic E-state index is 0.246. The first-order chi connectivity index (χ1) is 18.1. The molecule has 1 aliphatic heterocycles. The summed E-state index contributed by atoms with van der Waals surface area (Å²) in [5.41, 5.74) is 8.82. The van der Waals surface area contributed by atoms with E-state index in [1.54, 1.807) is 12.4 Å². The van der Waals surface area contributed by atoms with Gasteiger partial charge in [0.2, 0.25) is 5.88 Å². The summed E-state index contributed by atoms with van der Waals surface area (Å²) >= 11 is 1.28. The molecular weight excluding hydrogens is 484 g/mol. The highest BCUT2D eigenvalue weighted by Gasteiger charge is 2.33. The van der Waals surface area contributed by atoms with Crippen LogP contribution in [0.25, 0.3) is 16.6 Å². The molecule has 2 amide bonds. The minimum atomic E-state index is -0.246. The number of hydrogen-bond donors (Lipinski definition) is 2. The molecule has 0 radical (unpaired) electrons. The topological polar surface area (TPSA) is 83.8 Å². The van der Waals surface area contributed by atoms with E-state index in [4.69, 9.17) is 4.74 Å². The number of nitrogens with one attached hydrogen (secondary N) is 2. The van der Waals surface area contributed by atoms with Crippen molar-refractivity contribution in [2.75, 3.05) is 23.4 Å². The van der Waals surface area contributed by atoms with Gasteiger partial charge >= 0.3 is 6.03 Å². The molecule has 3 aliphatic rings. The van der Waals surface area contributed by atoms with E-state index in [1.807, 2.05) is 16.8 Å². The number of rotatable bonds is 5. The van der Waals surface area contributed by atoms with Crippen LogP contribution in [0.5, 0.6) is 5.88 Å². The van der Waals surface area contributed by atoms with Crippen LogP contribution in [-0.2, 0) is 12.8 Å². The van der Waals surface area contributed by atoms with E-state index in [-0.39, 0.29) is 6.03 Å². The second-order valence-corrected chi connectivity index (χ2v) is 10.9. The number of carbonyl (C=O) groups excluding carboxylic acids is 1. The fraction of sp³-hybridized carbons (Fsp3) is 0.321. The quantitative estimate of drug-likeness (QED) is 0.349. The Bertz CT molecular complexity index is 1530. The van der Waals surface area contributed by atoms with E-state index in [9.17, 15) is 4.79 Å². The van der Waals surface area contributed by atoms with Crippen molar-refractivity contribution in [3.05, 3.63) is 65.6 Å². The lowest BCUT2D eigenvalue weighted by Gasteiger charge is -2.30. The van der Waals surface area contributed by atoms with Gasteiger partial charge in [-0.3, -0.25) is 4.72 Å². The molecule has 0 spiro atoms. The zero-order chi connectivity index (χ0) is 24.9. The van der Waals surface area contributed by atoms with Gasteiger partial charge in [0.1, 0.15) is 12.3 Å². The first-order valence-electron chi connectivity index (χ1n) is 12.9. The van der Waals surface area contributed by atoms with Crippen LogP contribution in [0.2, 0.25) is 0 Å². The Hall–Kier alpha value is -3.72. The van der Waals surface area contributed by atoms with Crippen LogP contribution in [0.15, 0.2) is 53.8 Å². The normalized spacial score (nSPS) is 16.3. The number of amides is 2. The number of urea groups is 1. The predicted octanol–water partition coefficient (Wildman–Crippen LogP) is 5.38. The summed E-state index contributed by atoms with van der Waals surface area (Å²) in [6.07, 6.45) is 11.1. The van der Waals surface area contributed by atoms with Crippen molar-refractivity contribution in [3.8, 4) is 17.0 Å². The Morgan fingerprint density at radius 3 is 3.00 bits per heavy atom. The Morgan fingerprint density at radius 1 is 1.19 bits per heavy atom. The lowest BCUT2D eigenvalue weighted by atomic mass is 9.93. The van der Waals surface area contributed by atoms with Gasteiger partial charge in [0, 0.05) is 35.1 Å². The largest absolute Gasteiger partial charge is 0.474 e. The van der Waals surface area contributed by atoms with E-state index in [1.165, 1.54) is 35.9 Å². The van der Waals surface area contributed by atoms with Crippen LogP contribution in [-0.4, -0.2) is 39.8 Å². The van der Waals surface area contributed by atoms with Crippen molar-refractivity contribution in [1.29, 1.82) is 0 Å². The smallest absolute Gasteiger partial charge is 0.329 e. The molecule has 1 fully saturated rings. The molecule has 4 aromatic rings. The van der Waals surface area contributed by atoms with Gasteiger partial charge in [-0.05, 0) is 97.5 Å². The maximum Gasteiger partial charge on any atom is 0.329 e. The van der Waals surface area contributed by atoms with Gasteiger partial charge in [0.15, 0.2) is 0 Å². The summed E-state index contributed by atoms with van der Waals surface area (Å²) in [4.78, 5) is 21.0. The molecule has 2 aliphatic carbocycles. The van der Waals surface area contributed by atoms with Crippen LogP contribution >= 0.6 is 11.9 Å². The highest BCUT2D eigenvalue weighted by atomic mass is 32.2. The van der Waals surface area contributed by atoms with E-state index < -0.39 is 0 Å². The lowest BCUT2D eigenvalue weighted by Crippen LogP contribution is -2.34. The SMILES string of the molecule is Cc1cc2c(c(NC(=O)NSc3cnc4c(c3)N(C3CC3)CCO4)c1-c1ccn3nccc3c1)CCC2. The monoisotopic (exact) mass is 512 g/mol. The highest BCUT2D eigenvalue weighted by molar-refractivity contribution is 7.98. The van der Waals surface area contributed by atoms with E-state index in [2.05, 4.69) is 56.2 Å². The summed E-state index contributed by atoms with van der Waals surface area (Å²) < 4.78 is 10.6. The number of nitrogens with zero attached hydrogens (tertiary/aromatic N) is 4. The Morgan fingerprint density at radius 2 is 2.11 bits per heavy atom. The average molecular weight is 513 g/mol. The molecule has 37 heavy (non-hydrogen) atoms. The van der Waals surface area contributed by atoms with Crippen LogP contribution in [0, 0.1) is 6.92 Å². The van der Waals surface area contributed by atoms with Crippen LogP contribution in [0.3, 0.4) is 0 Å². The Balaban J connectivity index is 1.15. The minimum Gasteiger partial charge on any atom is -0.474 e. The van der Waals surface area contributed by atoms with Crippen LogP contribution < -0.4 is 19.7 Å². The number of anilines is 2. The third kappa shape index (κ3) is 4.17. The molecule has 8 nitrogen and oxygen atoms in total. The second-order valence-electron chi connectivity index (χ2n) is 9.98. The van der Waals surface area contributed by atoms with Crippen molar-refractivity contribution in [3.63, 3.8) is 0 Å². The number of carbonyl (C=O) groups is 1. The maximum absolute atomic E-state index is 13.2. The molecule has 0 saturated heterocycles. The fourth-order valence-corrected chi connectivity index (χ4v) is 6.18. The molecule has 0 bridgehead atoms. The van der Waals surface area contributed by atoms with Gasteiger partial charge in [-0.1, -0.05) is 6.07 Å². The number of aryl methyl sites for hydroxylation is 2. The molecule has 7 rings (SSSR count). The maximum atomic E-state index is 13.2. The standard InChI is InChI=1S/C28H28N6O2S/c1-17-13-18-3-2-4-23(18)26(25(17)19-8-10-34-21(14-19)7-9-30-34)31-28(35)32-37-22-15-24-27(29-16-22)36-12-11-33(24)20-5-6-20/h7-10,13-16,20H,2-6,11-12H2,1H3,(H2,31,32,35). The van der Waals surface area contributed by atoms with Gasteiger partial charge < -0.3 is 15.0 Å². The number of benzene rings is 1. The van der Waals surface area contributed by atoms with Gasteiger partial charge in [-0.2, -0.15) is 5.10 Å². The number of pyridine rings is 2. The van der Waals surface area contributed by atoms with Gasteiger partial charge in [-0.15, -0.1) is 0 Å². The number of aromatic nitrogens is 3. The van der Waals surface area contributed by atoms with Crippen LogP contribution in [0.4, 0.5) is 16.2 Å². The predicted molar refractivity (Wildman–Crippen MR) is 146 cm³/mol. The molecule has 0 atom stereocenters. The molecule has 9 heteroatoms. The van der Waals surface area contributed by atoms with Crippen LogP contribution in [0.1, 0.15) is 36.0 Å². The van der Waals surface area contributed by atoms with Gasteiger partial charge in [0.25, 0.3) is 0 Å². The molecule has 4 heterocycles. The molecule has 0 unspecified atom stereocenters. The Labute approximate surface area is 219 Å². The second kappa shape index (κ2) is 8.99. The molecule has 3 aromatic heterocycles. The van der Waals surface area contributed by atoms with Crippen molar-refractivity contribution in [1.82, 2.24) is 19.3 Å².